The number of hydrogen-bond acceptors (Lipinski definition) is 3. The molecule has 1 atom stereocenters. The maximum Gasteiger partial charge on any atom is 0.237 e. The minimum absolute atomic E-state index is 0.133. The minimum Gasteiger partial charge on any atom is -0.486 e. The molecule has 1 amide bonds. The molecule has 118 valence electrons. The van der Waals surface area contributed by atoms with E-state index in [1.54, 1.807) is 4.90 Å². The lowest BCUT2D eigenvalue weighted by Crippen LogP contribution is -2.37. The van der Waals surface area contributed by atoms with Crippen molar-refractivity contribution in [3.63, 3.8) is 0 Å². The normalized spacial score (nSPS) is 22.2. The molecule has 23 heavy (non-hydrogen) atoms. The number of amides is 1. The summed E-state index contributed by atoms with van der Waals surface area (Å²) in [5, 5.41) is 0. The average molecular weight is 309 g/mol. The van der Waals surface area contributed by atoms with Crippen LogP contribution in [-0.2, 0) is 16.6 Å². The van der Waals surface area contributed by atoms with E-state index in [-0.39, 0.29) is 5.91 Å². The molecule has 2 aliphatic rings. The van der Waals surface area contributed by atoms with Gasteiger partial charge in [-0.25, -0.2) is 0 Å². The first-order chi connectivity index (χ1) is 11.1. The number of carbonyl (C=O) groups excluding carboxylic acids is 1. The molecule has 0 radical (unpaired) electrons. The van der Waals surface area contributed by atoms with Gasteiger partial charge < -0.3 is 14.4 Å². The average Bonchev–Trinajstić information content (AvgIpc) is 2.77. The third-order valence-electron chi connectivity index (χ3n) is 4.80. The molecule has 4 rings (SSSR count). The number of ether oxygens (including phenoxy) is 2. The van der Waals surface area contributed by atoms with Gasteiger partial charge in [0.25, 0.3) is 0 Å². The first kappa shape index (κ1) is 14.1. The van der Waals surface area contributed by atoms with Crippen LogP contribution in [-0.4, -0.2) is 26.2 Å². The van der Waals surface area contributed by atoms with Gasteiger partial charge in [-0.1, -0.05) is 24.3 Å². The number of hydrogen-bond donors (Lipinski definition) is 0. The highest BCUT2D eigenvalue weighted by atomic mass is 16.6. The van der Waals surface area contributed by atoms with Crippen LogP contribution in [0.4, 0.5) is 5.69 Å². The minimum atomic E-state index is -0.547. The second kappa shape index (κ2) is 5.01. The second-order valence-corrected chi connectivity index (χ2v) is 6.37. The fourth-order valence-corrected chi connectivity index (χ4v) is 3.60. The van der Waals surface area contributed by atoms with Crippen molar-refractivity contribution >= 4 is 11.6 Å². The molecule has 0 saturated carbocycles. The van der Waals surface area contributed by atoms with Crippen LogP contribution in [0.3, 0.4) is 0 Å². The Labute approximate surface area is 135 Å². The first-order valence-electron chi connectivity index (χ1n) is 7.86. The zero-order chi connectivity index (χ0) is 16.0. The van der Waals surface area contributed by atoms with E-state index in [0.717, 1.165) is 28.3 Å². The lowest BCUT2D eigenvalue weighted by Gasteiger charge is -2.25. The molecule has 2 aromatic rings. The van der Waals surface area contributed by atoms with E-state index >= 15 is 0 Å². The second-order valence-electron chi connectivity index (χ2n) is 6.37. The molecule has 0 bridgehead atoms. The molecule has 2 aliphatic heterocycles. The van der Waals surface area contributed by atoms with Gasteiger partial charge in [0.15, 0.2) is 11.5 Å². The summed E-state index contributed by atoms with van der Waals surface area (Å²) in [4.78, 5) is 14.6. The van der Waals surface area contributed by atoms with E-state index in [1.807, 2.05) is 50.4 Å². The van der Waals surface area contributed by atoms with Crippen LogP contribution in [0.25, 0.3) is 0 Å². The molecule has 0 N–H and O–H groups in total. The molecule has 0 saturated heterocycles. The van der Waals surface area contributed by atoms with E-state index in [1.165, 1.54) is 0 Å². The van der Waals surface area contributed by atoms with Crippen LogP contribution >= 0.6 is 0 Å². The van der Waals surface area contributed by atoms with Crippen LogP contribution in [0.1, 0.15) is 18.1 Å². The summed E-state index contributed by atoms with van der Waals surface area (Å²) in [6, 6.07) is 14.0. The lowest BCUT2D eigenvalue weighted by molar-refractivity contribution is -0.122. The van der Waals surface area contributed by atoms with Crippen molar-refractivity contribution < 1.29 is 14.3 Å². The fourth-order valence-electron chi connectivity index (χ4n) is 3.60. The summed E-state index contributed by atoms with van der Waals surface area (Å²) < 4.78 is 11.2. The lowest BCUT2D eigenvalue weighted by atomic mass is 9.78. The van der Waals surface area contributed by atoms with Gasteiger partial charge in [0.2, 0.25) is 5.91 Å². The predicted molar refractivity (Wildman–Crippen MR) is 88.3 cm³/mol. The number of likely N-dealkylation sites (N-methyl/N-ethyl adjacent to an activating group) is 1. The molecule has 0 spiro atoms. The molecular weight excluding hydrogens is 290 g/mol. The van der Waals surface area contributed by atoms with Crippen molar-refractivity contribution in [2.75, 3.05) is 25.2 Å². The van der Waals surface area contributed by atoms with Crippen LogP contribution in [0.15, 0.2) is 42.5 Å². The molecule has 0 aromatic heterocycles. The Kier molecular flexibility index (Phi) is 3.08. The van der Waals surface area contributed by atoms with Crippen molar-refractivity contribution in [1.82, 2.24) is 0 Å². The number of fused-ring (bicyclic) bond motifs is 2. The first-order valence-corrected chi connectivity index (χ1v) is 7.86. The number of rotatable bonds is 2. The predicted octanol–water partition coefficient (Wildman–Crippen LogP) is 2.93. The number of nitrogens with zero attached hydrogens (tertiary/aromatic N) is 1. The molecule has 0 fully saturated rings. The van der Waals surface area contributed by atoms with Crippen molar-refractivity contribution in [3.8, 4) is 11.5 Å². The fraction of sp³-hybridized carbons (Fsp3) is 0.316. The zero-order valence-electron chi connectivity index (χ0n) is 13.3. The molecule has 2 heterocycles. The van der Waals surface area contributed by atoms with E-state index in [0.29, 0.717) is 19.6 Å². The topological polar surface area (TPSA) is 38.8 Å². The Morgan fingerprint density at radius 2 is 1.83 bits per heavy atom. The molecule has 4 heteroatoms. The van der Waals surface area contributed by atoms with Crippen molar-refractivity contribution in [3.05, 3.63) is 53.6 Å². The van der Waals surface area contributed by atoms with Crippen LogP contribution in [0.2, 0.25) is 0 Å². The molecular formula is C19H19NO3. The highest BCUT2D eigenvalue weighted by Gasteiger charge is 2.45. The van der Waals surface area contributed by atoms with Crippen LogP contribution in [0, 0.1) is 0 Å². The van der Waals surface area contributed by atoms with Gasteiger partial charge >= 0.3 is 0 Å². The molecule has 2 aromatic carbocycles. The summed E-state index contributed by atoms with van der Waals surface area (Å²) in [6.45, 7) is 3.17. The zero-order valence-corrected chi connectivity index (χ0v) is 13.3. The van der Waals surface area contributed by atoms with Gasteiger partial charge in [-0.15, -0.1) is 0 Å². The van der Waals surface area contributed by atoms with Crippen molar-refractivity contribution in [2.45, 2.75) is 18.8 Å². The third-order valence-corrected chi connectivity index (χ3v) is 4.80. The number of anilines is 1. The van der Waals surface area contributed by atoms with Crippen molar-refractivity contribution in [2.24, 2.45) is 0 Å². The Balaban J connectivity index is 1.72. The van der Waals surface area contributed by atoms with E-state index < -0.39 is 5.41 Å². The summed E-state index contributed by atoms with van der Waals surface area (Å²) in [5.41, 5.74) is 2.62. The standard InChI is InChI=1S/C19H19NO3/c1-19(14-5-3-4-6-15(14)20(2)18(19)21)12-13-7-8-16-17(11-13)23-10-9-22-16/h3-8,11H,9-10,12H2,1-2H3/t19-/m1/s1. The smallest absolute Gasteiger partial charge is 0.237 e. The quantitative estimate of drug-likeness (QED) is 0.856. The summed E-state index contributed by atoms with van der Waals surface area (Å²) in [5.74, 6) is 1.68. The summed E-state index contributed by atoms with van der Waals surface area (Å²) in [6.07, 6.45) is 0.643. The van der Waals surface area contributed by atoms with Gasteiger partial charge in [0, 0.05) is 12.7 Å². The largest absolute Gasteiger partial charge is 0.486 e. The van der Waals surface area contributed by atoms with Gasteiger partial charge in [-0.2, -0.15) is 0 Å². The highest BCUT2D eigenvalue weighted by Crippen LogP contribution is 2.43. The SMILES string of the molecule is CN1C(=O)[C@](C)(Cc2ccc3c(c2)OCCO3)c2ccccc21. The molecule has 0 unspecified atom stereocenters. The van der Waals surface area contributed by atoms with Gasteiger partial charge in [0.05, 0.1) is 5.41 Å². The number of benzene rings is 2. The van der Waals surface area contributed by atoms with E-state index in [9.17, 15) is 4.79 Å². The third kappa shape index (κ3) is 2.09. The summed E-state index contributed by atoms with van der Waals surface area (Å²) in [7, 11) is 1.84. The van der Waals surface area contributed by atoms with E-state index in [2.05, 4.69) is 6.07 Å². The van der Waals surface area contributed by atoms with Crippen LogP contribution in [0.5, 0.6) is 11.5 Å². The van der Waals surface area contributed by atoms with Gasteiger partial charge in [0.1, 0.15) is 13.2 Å². The highest BCUT2D eigenvalue weighted by molar-refractivity contribution is 6.07. The Hall–Kier alpha value is -2.49. The number of carbonyl (C=O) groups is 1. The maximum atomic E-state index is 12.8. The van der Waals surface area contributed by atoms with Gasteiger partial charge in [-0.3, -0.25) is 4.79 Å². The Bertz CT molecular complexity index is 786. The maximum absolute atomic E-state index is 12.8. The van der Waals surface area contributed by atoms with E-state index in [4.69, 9.17) is 9.47 Å². The van der Waals surface area contributed by atoms with Crippen molar-refractivity contribution in [1.29, 1.82) is 0 Å². The summed E-state index contributed by atoms with van der Waals surface area (Å²) >= 11 is 0. The molecule has 0 aliphatic carbocycles. The Morgan fingerprint density at radius 3 is 2.65 bits per heavy atom. The molecule has 4 nitrogen and oxygen atoms in total. The Morgan fingerprint density at radius 1 is 1.09 bits per heavy atom. The van der Waals surface area contributed by atoms with Gasteiger partial charge in [-0.05, 0) is 42.7 Å². The monoisotopic (exact) mass is 309 g/mol. The number of para-hydroxylation sites is 1. The van der Waals surface area contributed by atoms with Crippen LogP contribution < -0.4 is 14.4 Å².